The molecule has 1 aromatic heterocycles. The molecule has 0 saturated heterocycles. The van der Waals surface area contributed by atoms with Gasteiger partial charge in [-0.3, -0.25) is 14.6 Å². The summed E-state index contributed by atoms with van der Waals surface area (Å²) in [6.45, 7) is 5.37. The topological polar surface area (TPSA) is 66.3 Å². The van der Waals surface area contributed by atoms with Crippen molar-refractivity contribution in [3.05, 3.63) is 66.6 Å². The van der Waals surface area contributed by atoms with E-state index in [0.717, 1.165) is 22.5 Å². The van der Waals surface area contributed by atoms with E-state index in [2.05, 4.69) is 52.0 Å². The molecule has 0 aliphatic rings. The number of aromatic nitrogens is 2. The quantitative estimate of drug-likeness (QED) is 0.436. The summed E-state index contributed by atoms with van der Waals surface area (Å²) >= 11 is 1.62. The molecule has 0 spiro atoms. The van der Waals surface area contributed by atoms with E-state index in [-0.39, 0.29) is 5.92 Å². The van der Waals surface area contributed by atoms with Crippen LogP contribution >= 0.6 is 11.8 Å². The van der Waals surface area contributed by atoms with Crippen LogP contribution in [0, 0.1) is 11.3 Å². The highest BCUT2D eigenvalue weighted by atomic mass is 32.2. The van der Waals surface area contributed by atoms with Crippen molar-refractivity contribution >= 4 is 35.1 Å². The number of hydrogen-bond acceptors (Lipinski definition) is 5. The van der Waals surface area contributed by atoms with E-state index in [0.29, 0.717) is 11.7 Å². The summed E-state index contributed by atoms with van der Waals surface area (Å²) in [5.41, 5.74) is 1.76. The lowest BCUT2D eigenvalue weighted by atomic mass is 10.1. The van der Waals surface area contributed by atoms with Gasteiger partial charge in [-0.05, 0) is 42.8 Å². The Labute approximate surface area is 169 Å². The SMILES string of the molecule is C=N/C=C\C(=NCSC)n1c(C(C)C#N)cnc1-c1ccc2ccccc2c1. The van der Waals surface area contributed by atoms with Gasteiger partial charge in [-0.1, -0.05) is 36.4 Å². The minimum atomic E-state index is -0.328. The van der Waals surface area contributed by atoms with Crippen LogP contribution in [-0.2, 0) is 0 Å². The van der Waals surface area contributed by atoms with E-state index in [1.807, 2.05) is 35.9 Å². The van der Waals surface area contributed by atoms with Gasteiger partial charge in [0.1, 0.15) is 11.7 Å². The summed E-state index contributed by atoms with van der Waals surface area (Å²) in [4.78, 5) is 13.1. The zero-order chi connectivity index (χ0) is 19.9. The third-order valence-corrected chi connectivity index (χ3v) is 4.74. The number of benzene rings is 2. The van der Waals surface area contributed by atoms with Gasteiger partial charge in [0.15, 0.2) is 0 Å². The van der Waals surface area contributed by atoms with Crippen molar-refractivity contribution < 1.29 is 0 Å². The van der Waals surface area contributed by atoms with Crippen LogP contribution in [-0.4, -0.2) is 34.2 Å². The second-order valence-corrected chi connectivity index (χ2v) is 7.02. The highest BCUT2D eigenvalue weighted by Crippen LogP contribution is 2.27. The van der Waals surface area contributed by atoms with Crippen molar-refractivity contribution in [3.8, 4) is 17.5 Å². The highest BCUT2D eigenvalue weighted by molar-refractivity contribution is 7.98. The molecule has 3 aromatic rings. The first kappa shape index (κ1) is 19.6. The fraction of sp³-hybridized carbons (Fsp3) is 0.182. The maximum atomic E-state index is 9.49. The van der Waals surface area contributed by atoms with E-state index in [1.165, 1.54) is 5.39 Å². The molecule has 6 heteroatoms. The smallest absolute Gasteiger partial charge is 0.145 e. The first-order chi connectivity index (χ1) is 13.7. The summed E-state index contributed by atoms with van der Waals surface area (Å²) in [5, 5.41) is 11.8. The molecular weight excluding hydrogens is 366 g/mol. The Balaban J connectivity index is 2.23. The maximum absolute atomic E-state index is 9.49. The zero-order valence-corrected chi connectivity index (χ0v) is 16.7. The number of nitriles is 1. The van der Waals surface area contributed by atoms with Gasteiger partial charge in [0, 0.05) is 11.8 Å². The number of thioether (sulfide) groups is 1. The summed E-state index contributed by atoms with van der Waals surface area (Å²) in [6, 6.07) is 16.7. The van der Waals surface area contributed by atoms with Crippen molar-refractivity contribution in [2.24, 2.45) is 9.98 Å². The van der Waals surface area contributed by atoms with Crippen molar-refractivity contribution in [2.45, 2.75) is 12.8 Å². The van der Waals surface area contributed by atoms with Crippen LogP contribution in [0.1, 0.15) is 18.5 Å². The van der Waals surface area contributed by atoms with Crippen molar-refractivity contribution in [2.75, 3.05) is 12.1 Å². The monoisotopic (exact) mass is 387 g/mol. The number of hydrogen-bond donors (Lipinski definition) is 0. The molecule has 5 nitrogen and oxygen atoms in total. The van der Waals surface area contributed by atoms with Crippen LogP contribution in [0.25, 0.3) is 22.2 Å². The average Bonchev–Trinajstić information content (AvgIpc) is 3.18. The summed E-state index contributed by atoms with van der Waals surface area (Å²) < 4.78 is 1.94. The largest absolute Gasteiger partial charge is 0.280 e. The number of nitrogens with zero attached hydrogens (tertiary/aromatic N) is 5. The molecule has 0 fully saturated rings. The molecule has 0 bridgehead atoms. The molecule has 28 heavy (non-hydrogen) atoms. The Morgan fingerprint density at radius 1 is 1.32 bits per heavy atom. The van der Waals surface area contributed by atoms with Crippen LogP contribution in [0.3, 0.4) is 0 Å². The molecule has 2 aromatic carbocycles. The molecule has 0 radical (unpaired) electrons. The molecule has 1 heterocycles. The third-order valence-electron chi connectivity index (χ3n) is 4.35. The van der Waals surface area contributed by atoms with E-state index in [4.69, 9.17) is 0 Å². The van der Waals surface area contributed by atoms with Gasteiger partial charge in [0.2, 0.25) is 0 Å². The van der Waals surface area contributed by atoms with Crippen LogP contribution in [0.2, 0.25) is 0 Å². The molecule has 1 unspecified atom stereocenters. The molecule has 0 N–H and O–H groups in total. The predicted octanol–water partition coefficient (Wildman–Crippen LogP) is 5.11. The second-order valence-electron chi connectivity index (χ2n) is 6.19. The standard InChI is InChI=1S/C22H21N5S/c1-16(13-23)20-14-25-22(27(20)21(10-11-24-2)26-15-28-3)19-9-8-17-6-4-5-7-18(17)12-19/h4-12,14,16H,2,15H2,1,3H3/b11-10-,26-21?. The van der Waals surface area contributed by atoms with Crippen LogP contribution in [0.15, 0.2) is 70.9 Å². The predicted molar refractivity (Wildman–Crippen MR) is 119 cm³/mol. The minimum absolute atomic E-state index is 0.328. The first-order valence-corrected chi connectivity index (χ1v) is 10.2. The molecule has 0 aliphatic heterocycles. The lowest BCUT2D eigenvalue weighted by Gasteiger charge is -2.14. The molecule has 140 valence electrons. The Morgan fingerprint density at radius 2 is 2.11 bits per heavy atom. The van der Waals surface area contributed by atoms with Gasteiger partial charge in [-0.2, -0.15) is 5.26 Å². The number of aliphatic imine (C=N–C) groups is 2. The van der Waals surface area contributed by atoms with E-state index < -0.39 is 0 Å². The molecule has 1 atom stereocenters. The molecular formula is C22H21N5S. The van der Waals surface area contributed by atoms with E-state index >= 15 is 0 Å². The van der Waals surface area contributed by atoms with Crippen molar-refractivity contribution in [1.82, 2.24) is 9.55 Å². The highest BCUT2D eigenvalue weighted by Gasteiger charge is 2.19. The average molecular weight is 388 g/mol. The van der Waals surface area contributed by atoms with Crippen molar-refractivity contribution in [1.29, 1.82) is 5.26 Å². The van der Waals surface area contributed by atoms with E-state index in [9.17, 15) is 5.26 Å². The Morgan fingerprint density at radius 3 is 2.82 bits per heavy atom. The molecule has 3 rings (SSSR count). The minimum Gasteiger partial charge on any atom is -0.280 e. The zero-order valence-electron chi connectivity index (χ0n) is 15.9. The number of imidazole rings is 1. The fourth-order valence-corrected chi connectivity index (χ4v) is 3.22. The van der Waals surface area contributed by atoms with Crippen LogP contribution < -0.4 is 0 Å². The fourth-order valence-electron chi connectivity index (χ4n) is 2.96. The van der Waals surface area contributed by atoms with Gasteiger partial charge < -0.3 is 0 Å². The number of allylic oxidation sites excluding steroid dienone is 1. The van der Waals surface area contributed by atoms with E-state index in [1.54, 1.807) is 30.2 Å². The van der Waals surface area contributed by atoms with Gasteiger partial charge >= 0.3 is 0 Å². The Kier molecular flexibility index (Phi) is 6.41. The van der Waals surface area contributed by atoms with Crippen LogP contribution in [0.4, 0.5) is 0 Å². The summed E-state index contributed by atoms with van der Waals surface area (Å²) in [7, 11) is 0. The Bertz CT molecular complexity index is 1090. The summed E-state index contributed by atoms with van der Waals surface area (Å²) in [5.74, 6) is 1.69. The number of fused-ring (bicyclic) bond motifs is 1. The molecule has 0 saturated carbocycles. The second kappa shape index (κ2) is 9.16. The van der Waals surface area contributed by atoms with Gasteiger partial charge in [0.25, 0.3) is 0 Å². The first-order valence-electron chi connectivity index (χ1n) is 8.82. The molecule has 0 amide bonds. The summed E-state index contributed by atoms with van der Waals surface area (Å²) in [6.07, 6.45) is 7.14. The van der Waals surface area contributed by atoms with Crippen LogP contribution in [0.5, 0.6) is 0 Å². The van der Waals surface area contributed by atoms with Gasteiger partial charge in [-0.25, -0.2) is 4.98 Å². The third kappa shape index (κ3) is 4.05. The number of rotatable bonds is 6. The van der Waals surface area contributed by atoms with Crippen molar-refractivity contribution in [3.63, 3.8) is 0 Å². The normalized spacial score (nSPS) is 13.0. The lowest BCUT2D eigenvalue weighted by Crippen LogP contribution is -2.16. The molecule has 0 aliphatic carbocycles. The Hall–Kier alpha value is -3.17. The van der Waals surface area contributed by atoms with Gasteiger partial charge in [-0.15, -0.1) is 11.8 Å². The lowest BCUT2D eigenvalue weighted by molar-refractivity contribution is 0.890. The maximum Gasteiger partial charge on any atom is 0.145 e. The van der Waals surface area contributed by atoms with Gasteiger partial charge in [0.05, 0.1) is 29.8 Å².